The second kappa shape index (κ2) is 9.26. The van der Waals surface area contributed by atoms with Crippen molar-refractivity contribution in [2.75, 3.05) is 11.1 Å². The predicted molar refractivity (Wildman–Crippen MR) is 129 cm³/mol. The highest BCUT2D eigenvalue weighted by Crippen LogP contribution is 2.39. The zero-order chi connectivity index (χ0) is 25.4. The van der Waals surface area contributed by atoms with E-state index in [1.807, 2.05) is 13.0 Å². The molecule has 2 atom stereocenters. The molecule has 0 radical (unpaired) electrons. The van der Waals surface area contributed by atoms with E-state index in [2.05, 4.69) is 15.5 Å². The van der Waals surface area contributed by atoms with E-state index in [-0.39, 0.29) is 29.2 Å². The van der Waals surface area contributed by atoms with E-state index in [1.165, 1.54) is 24.3 Å². The maximum atomic E-state index is 12.2. The van der Waals surface area contributed by atoms with Crippen molar-refractivity contribution >= 4 is 33.2 Å². The Kier molecular flexibility index (Phi) is 6.12. The van der Waals surface area contributed by atoms with Crippen LogP contribution in [0.2, 0.25) is 0 Å². The number of benzene rings is 2. The predicted octanol–water partition coefficient (Wildman–Crippen LogP) is 4.55. The summed E-state index contributed by atoms with van der Waals surface area (Å²) in [5, 5.41) is 21.5. The minimum atomic E-state index is -3.17. The number of sulfone groups is 1. The molecule has 1 aromatic heterocycles. The van der Waals surface area contributed by atoms with Crippen LogP contribution in [0.4, 0.5) is 22.0 Å². The number of ether oxygens (including phenoxy) is 2. The summed E-state index contributed by atoms with van der Waals surface area (Å²) in [7, 11) is -3.17. The summed E-state index contributed by atoms with van der Waals surface area (Å²) in [5.74, 6) is 1.09. The van der Waals surface area contributed by atoms with Crippen molar-refractivity contribution in [1.29, 1.82) is 0 Å². The lowest BCUT2D eigenvalue weighted by atomic mass is 10.0. The van der Waals surface area contributed by atoms with Crippen molar-refractivity contribution in [2.24, 2.45) is 0 Å². The Morgan fingerprint density at radius 3 is 2.72 bits per heavy atom. The first-order valence-electron chi connectivity index (χ1n) is 11.5. The highest BCUT2D eigenvalue weighted by molar-refractivity contribution is 7.91. The number of rotatable bonds is 6. The molecule has 1 fully saturated rings. The Morgan fingerprint density at radius 1 is 1.19 bits per heavy atom. The topological polar surface area (TPSA) is 154 Å². The van der Waals surface area contributed by atoms with E-state index >= 15 is 0 Å². The van der Waals surface area contributed by atoms with E-state index in [9.17, 15) is 23.3 Å². The van der Waals surface area contributed by atoms with Gasteiger partial charge in [0.2, 0.25) is 0 Å². The molecule has 2 heterocycles. The van der Waals surface area contributed by atoms with Gasteiger partial charge in [-0.2, -0.15) is 5.10 Å². The number of aromatic nitrogens is 2. The maximum Gasteiger partial charge on any atom is 0.514 e. The third-order valence-electron chi connectivity index (χ3n) is 6.65. The van der Waals surface area contributed by atoms with Gasteiger partial charge in [-0.15, -0.1) is 0 Å². The number of nitro groups is 1. The third kappa shape index (κ3) is 4.76. The van der Waals surface area contributed by atoms with Crippen LogP contribution in [0.25, 0.3) is 0 Å². The average molecular weight is 513 g/mol. The Morgan fingerprint density at radius 2 is 1.97 bits per heavy atom. The van der Waals surface area contributed by atoms with Crippen molar-refractivity contribution in [2.45, 2.75) is 49.5 Å². The van der Waals surface area contributed by atoms with Crippen molar-refractivity contribution in [3.8, 4) is 5.75 Å². The van der Waals surface area contributed by atoms with Crippen molar-refractivity contribution < 1.29 is 27.6 Å². The number of anilines is 2. The van der Waals surface area contributed by atoms with Gasteiger partial charge < -0.3 is 14.8 Å². The standard InChI is InChI=1S/C24H24N4O7S/c1-14-22(26-27-23(14)25-17-3-9-21-15(12-17)10-11-36(21,32)33)16-2-6-20(13-16)35-24(29)34-19-7-4-18(5-8-19)28(30)31/h3-5,7-9,12,16,20H,2,6,10-11,13H2,1H3,(H2,25,26,27). The summed E-state index contributed by atoms with van der Waals surface area (Å²) in [6, 6.07) is 10.4. The van der Waals surface area contributed by atoms with Crippen LogP contribution in [-0.2, 0) is 21.0 Å². The molecule has 12 heteroatoms. The van der Waals surface area contributed by atoms with Crippen LogP contribution in [0.3, 0.4) is 0 Å². The number of carbonyl (C=O) groups is 1. The number of aryl methyl sites for hydroxylation is 1. The van der Waals surface area contributed by atoms with Crippen LogP contribution in [0.1, 0.15) is 42.0 Å². The van der Waals surface area contributed by atoms with Gasteiger partial charge in [-0.05, 0) is 68.5 Å². The first-order chi connectivity index (χ1) is 17.2. The smallest absolute Gasteiger partial charge is 0.431 e. The lowest BCUT2D eigenvalue weighted by Gasteiger charge is -2.13. The van der Waals surface area contributed by atoms with Crippen molar-refractivity contribution in [3.63, 3.8) is 0 Å². The molecule has 0 saturated heterocycles. The number of hydrogen-bond acceptors (Lipinski definition) is 9. The molecule has 36 heavy (non-hydrogen) atoms. The van der Waals surface area contributed by atoms with Crippen LogP contribution in [0.15, 0.2) is 47.4 Å². The van der Waals surface area contributed by atoms with E-state index in [0.29, 0.717) is 30.0 Å². The van der Waals surface area contributed by atoms with E-state index in [0.717, 1.165) is 28.9 Å². The molecule has 1 aliphatic heterocycles. The normalized spacial score (nSPS) is 20.0. The fourth-order valence-electron chi connectivity index (χ4n) is 4.78. The lowest BCUT2D eigenvalue weighted by Crippen LogP contribution is -2.18. The summed E-state index contributed by atoms with van der Waals surface area (Å²) < 4.78 is 34.7. The molecule has 2 unspecified atom stereocenters. The number of aromatic amines is 1. The number of nitrogens with one attached hydrogen (secondary N) is 2. The molecule has 2 N–H and O–H groups in total. The molecular formula is C24H24N4O7S. The molecule has 5 rings (SSSR count). The molecule has 11 nitrogen and oxygen atoms in total. The van der Waals surface area contributed by atoms with Crippen LogP contribution in [-0.4, -0.2) is 41.6 Å². The molecule has 188 valence electrons. The fraction of sp³-hybridized carbons (Fsp3) is 0.333. The molecular weight excluding hydrogens is 488 g/mol. The summed E-state index contributed by atoms with van der Waals surface area (Å²) in [6.07, 6.45) is 1.41. The van der Waals surface area contributed by atoms with Gasteiger partial charge in [-0.1, -0.05) is 0 Å². The Hall–Kier alpha value is -3.93. The van der Waals surface area contributed by atoms with Gasteiger partial charge in [0.05, 0.1) is 15.6 Å². The molecule has 2 aromatic carbocycles. The van der Waals surface area contributed by atoms with Crippen LogP contribution < -0.4 is 10.1 Å². The lowest BCUT2D eigenvalue weighted by molar-refractivity contribution is -0.384. The van der Waals surface area contributed by atoms with Crippen LogP contribution >= 0.6 is 0 Å². The van der Waals surface area contributed by atoms with E-state index in [1.54, 1.807) is 12.1 Å². The molecule has 0 spiro atoms. The molecule has 0 bridgehead atoms. The molecule has 0 amide bonds. The van der Waals surface area contributed by atoms with Gasteiger partial charge in [-0.3, -0.25) is 15.2 Å². The third-order valence-corrected chi connectivity index (χ3v) is 8.46. The highest BCUT2D eigenvalue weighted by atomic mass is 32.2. The first-order valence-corrected chi connectivity index (χ1v) is 13.2. The largest absolute Gasteiger partial charge is 0.514 e. The molecule has 3 aromatic rings. The van der Waals surface area contributed by atoms with Crippen LogP contribution in [0.5, 0.6) is 5.75 Å². The van der Waals surface area contributed by atoms with E-state index in [4.69, 9.17) is 9.47 Å². The quantitative estimate of drug-likeness (QED) is 0.209. The van der Waals surface area contributed by atoms with Gasteiger partial charge in [0.1, 0.15) is 11.9 Å². The zero-order valence-corrected chi connectivity index (χ0v) is 20.2. The van der Waals surface area contributed by atoms with Gasteiger partial charge in [0.25, 0.3) is 5.69 Å². The average Bonchev–Trinajstić information content (AvgIpc) is 3.52. The monoisotopic (exact) mass is 512 g/mol. The number of carbonyl (C=O) groups excluding carboxylic acids is 1. The highest BCUT2D eigenvalue weighted by Gasteiger charge is 2.32. The number of non-ortho nitro benzene ring substituents is 1. The summed E-state index contributed by atoms with van der Waals surface area (Å²) in [5.41, 5.74) is 3.39. The van der Waals surface area contributed by atoms with Gasteiger partial charge in [0.15, 0.2) is 15.7 Å². The van der Waals surface area contributed by atoms with Gasteiger partial charge in [0, 0.05) is 35.0 Å². The minimum absolute atomic E-state index is 0.0951. The zero-order valence-electron chi connectivity index (χ0n) is 19.4. The van der Waals surface area contributed by atoms with E-state index < -0.39 is 20.9 Å². The maximum absolute atomic E-state index is 12.2. The second-order valence-corrected chi connectivity index (χ2v) is 11.1. The minimum Gasteiger partial charge on any atom is -0.431 e. The molecule has 1 aliphatic carbocycles. The van der Waals surface area contributed by atoms with Crippen LogP contribution in [0, 0.1) is 17.0 Å². The first kappa shape index (κ1) is 23.8. The van der Waals surface area contributed by atoms with Crippen molar-refractivity contribution in [1.82, 2.24) is 10.2 Å². The molecule has 2 aliphatic rings. The van der Waals surface area contributed by atoms with Gasteiger partial charge >= 0.3 is 6.16 Å². The number of H-pyrrole nitrogens is 1. The number of nitro benzene ring substituents is 1. The summed E-state index contributed by atoms with van der Waals surface area (Å²) >= 11 is 0. The van der Waals surface area contributed by atoms with Gasteiger partial charge in [-0.25, -0.2) is 13.2 Å². The number of fused-ring (bicyclic) bond motifs is 1. The fourth-order valence-corrected chi connectivity index (χ4v) is 6.32. The summed E-state index contributed by atoms with van der Waals surface area (Å²) in [6.45, 7) is 1.95. The second-order valence-electron chi connectivity index (χ2n) is 8.98. The summed E-state index contributed by atoms with van der Waals surface area (Å²) in [4.78, 5) is 22.8. The Balaban J connectivity index is 1.18. The molecule has 1 saturated carbocycles. The van der Waals surface area contributed by atoms with Crippen molar-refractivity contribution in [3.05, 3.63) is 69.4 Å². The number of nitrogens with zero attached hydrogens (tertiary/aromatic N) is 2. The Labute approximate surface area is 206 Å². The SMILES string of the molecule is Cc1c(Nc2ccc3c(c2)CCS3(=O)=O)n[nH]c1C1CCC(OC(=O)Oc2ccc([N+](=O)[O-])cc2)C1. The number of hydrogen-bond donors (Lipinski definition) is 2. The Bertz CT molecular complexity index is 1430.